The largest absolute Gasteiger partial charge is 0.411 e. The molecule has 0 radical (unpaired) electrons. The predicted molar refractivity (Wildman–Crippen MR) is 418 cm³/mol. The maximum Gasteiger partial charge on any atom is 0.261 e. The van der Waals surface area contributed by atoms with Gasteiger partial charge in [0.05, 0.1) is 135 Å². The minimum Gasteiger partial charge on any atom is -0.411 e. The number of fused-ring (bicyclic) bond motifs is 8. The molecule has 9 saturated heterocycles. The molecule has 6 aromatic rings. The first kappa shape index (κ1) is 77.7. The van der Waals surface area contributed by atoms with Gasteiger partial charge in [0.25, 0.3) is 8.32 Å². The average molecular weight is 1500 g/mol. The topological polar surface area (TPSA) is 159 Å². The van der Waals surface area contributed by atoms with E-state index in [2.05, 4.69) is 210 Å². The Balaban J connectivity index is 0.656. The van der Waals surface area contributed by atoms with Crippen LogP contribution in [0.2, 0.25) is 23.2 Å². The van der Waals surface area contributed by atoms with Gasteiger partial charge in [-0.3, -0.25) is 0 Å². The van der Waals surface area contributed by atoms with Gasteiger partial charge in [0, 0.05) is 64.4 Å². The van der Waals surface area contributed by atoms with Crippen LogP contribution in [-0.4, -0.2) is 174 Å². The van der Waals surface area contributed by atoms with Gasteiger partial charge in [-0.25, -0.2) is 0 Å². The summed E-state index contributed by atoms with van der Waals surface area (Å²) in [5, 5.41) is 17.4. The molecule has 23 atom stereocenters. The van der Waals surface area contributed by atoms with Crippen molar-refractivity contribution in [3.63, 3.8) is 0 Å². The Bertz CT molecular complexity index is 3860. The first-order valence-corrected chi connectivity index (χ1v) is 45.1. The van der Waals surface area contributed by atoms with Crippen LogP contribution in [0.3, 0.4) is 0 Å². The second-order valence-corrected chi connectivity index (χ2v) is 45.2. The van der Waals surface area contributed by atoms with E-state index in [1.54, 1.807) is 0 Å². The summed E-state index contributed by atoms with van der Waals surface area (Å²) >= 11 is 0. The third-order valence-corrected chi connectivity index (χ3v) is 36.1. The summed E-state index contributed by atoms with van der Waals surface area (Å²) < 4.78 is 109. The fourth-order valence-corrected chi connectivity index (χ4v) is 25.1. The molecule has 0 spiro atoms. The third-order valence-electron chi connectivity index (χ3n) is 26.5. The molecule has 9 aliphatic rings. The van der Waals surface area contributed by atoms with Crippen LogP contribution in [0.15, 0.2) is 164 Å². The van der Waals surface area contributed by atoms with E-state index in [1.165, 1.54) is 21.1 Å². The SMILES string of the molecule is C[C@H]1CC[C@]2(C)O[C@]3(C)CCOC(C[C@@H]4O[C@@H]5C[C@@H]6O[C@](C)(CCO[Si](c7ccccc7)(c7ccccc7)C(C)(C)C)[C@@H](O[Si](C)(C)C(C)(C)C)C[C@H]6O[C@H]5C[C@H]4OCc4ccc5ccccc5c4)O[C@H]3C[C@H]2O[C@H]2C[C@H]3O[C@H]4C[C@@H](OCc5ccccc5)[C@H](COCc5ccccc5)O[C@]4(C)[C@H](O)[C@@H]3O[C@@H]21. The van der Waals surface area contributed by atoms with Crippen molar-refractivity contribution in [2.75, 3.05) is 19.8 Å². The molecule has 580 valence electrons. The minimum atomic E-state index is -2.88. The van der Waals surface area contributed by atoms with Gasteiger partial charge in [0.2, 0.25) is 0 Å². The van der Waals surface area contributed by atoms with E-state index in [4.69, 9.17) is 70.4 Å². The molecule has 0 aliphatic carbocycles. The van der Waals surface area contributed by atoms with Gasteiger partial charge in [0.1, 0.15) is 23.9 Å². The molecule has 9 heterocycles. The summed E-state index contributed by atoms with van der Waals surface area (Å²) in [4.78, 5) is 0. The molecule has 9 aliphatic heterocycles. The molecule has 0 amide bonds. The van der Waals surface area contributed by atoms with Crippen molar-refractivity contribution >= 4 is 37.8 Å². The fraction of sp³-hybridized carbons (Fsp3) is 0.618. The first-order valence-electron chi connectivity index (χ1n) is 40.3. The van der Waals surface area contributed by atoms with Crippen molar-refractivity contribution in [1.82, 2.24) is 0 Å². The van der Waals surface area contributed by atoms with Crippen LogP contribution in [0.5, 0.6) is 0 Å². The lowest BCUT2D eigenvalue weighted by Gasteiger charge is -2.60. The van der Waals surface area contributed by atoms with E-state index in [-0.39, 0.29) is 89.7 Å². The highest BCUT2D eigenvalue weighted by molar-refractivity contribution is 6.99. The molecule has 18 heteroatoms. The molecule has 9 fully saturated rings. The van der Waals surface area contributed by atoms with E-state index in [0.29, 0.717) is 90.8 Å². The van der Waals surface area contributed by atoms with E-state index in [0.717, 1.165) is 29.5 Å². The molecule has 0 bridgehead atoms. The Morgan fingerprint density at radius 2 is 1.09 bits per heavy atom. The summed E-state index contributed by atoms with van der Waals surface area (Å²) in [6.07, 6.45) is -0.571. The average Bonchev–Trinajstić information content (AvgIpc) is 1.14. The van der Waals surface area contributed by atoms with Crippen molar-refractivity contribution in [3.05, 3.63) is 180 Å². The molecular formula is C89H120O16Si2. The van der Waals surface area contributed by atoms with Gasteiger partial charge in [-0.05, 0) is 114 Å². The molecule has 0 saturated carbocycles. The van der Waals surface area contributed by atoms with Crippen molar-refractivity contribution in [3.8, 4) is 0 Å². The van der Waals surface area contributed by atoms with Gasteiger partial charge in [-0.2, -0.15) is 0 Å². The van der Waals surface area contributed by atoms with Crippen LogP contribution in [0.4, 0.5) is 0 Å². The first-order chi connectivity index (χ1) is 51.2. The number of benzene rings is 6. The molecule has 1 unspecified atom stereocenters. The second-order valence-electron chi connectivity index (χ2n) is 36.1. The van der Waals surface area contributed by atoms with E-state index >= 15 is 0 Å². The van der Waals surface area contributed by atoms with Gasteiger partial charge in [-0.15, -0.1) is 0 Å². The number of hydrogen-bond donors (Lipinski definition) is 1. The van der Waals surface area contributed by atoms with Crippen LogP contribution in [0.1, 0.15) is 163 Å². The number of aliphatic hydroxyl groups excluding tert-OH is 1. The number of hydrogen-bond acceptors (Lipinski definition) is 16. The van der Waals surface area contributed by atoms with Gasteiger partial charge in [0.15, 0.2) is 14.6 Å². The van der Waals surface area contributed by atoms with Gasteiger partial charge in [-0.1, -0.05) is 206 Å². The highest BCUT2D eigenvalue weighted by Crippen LogP contribution is 2.53. The standard InChI is InChI=1S/C89H120O16Si2/c1-58-40-41-87(9)76(98-73-49-74-82(101-81(58)73)83(90)89(11)79(99-74)50-67(93-55-60-30-20-15-21-31-60)75(103-89)57-91-54-59-28-18-14-19-29-59)53-77-88(10,105-87)42-44-92-80(100-77)52-71-66(94-56-61-38-39-62-32-26-27-33-63(62)46-61)47-68-69(97-71)48-72-70(96-68)51-78(104-106(12,13)84(2,3)4)86(8,102-72)43-45-95-107(85(5,6)7,64-34-22-16-23-35-64)65-36-24-17-25-37-65/h14-39,46,58,66-83,90H,40-45,47-57H2,1-13H3/t58-,66+,67+,68-,69+,70+,71-,72-,73-,74+,75-,76+,77-,78-,79-,80?,81+,82+,83+,86+,87-,88+,89-/m0/s1. The number of ether oxygens (including phenoxy) is 13. The van der Waals surface area contributed by atoms with Crippen molar-refractivity contribution in [1.29, 1.82) is 0 Å². The Morgan fingerprint density at radius 1 is 0.514 bits per heavy atom. The van der Waals surface area contributed by atoms with Crippen LogP contribution < -0.4 is 10.4 Å². The zero-order valence-electron chi connectivity index (χ0n) is 65.6. The molecular weight excluding hydrogens is 1380 g/mol. The van der Waals surface area contributed by atoms with Crippen LogP contribution in [0.25, 0.3) is 10.8 Å². The summed E-state index contributed by atoms with van der Waals surface area (Å²) in [6, 6.07) is 57.2. The Kier molecular flexibility index (Phi) is 22.8. The Morgan fingerprint density at radius 3 is 1.78 bits per heavy atom. The summed E-state index contributed by atoms with van der Waals surface area (Å²) in [7, 11) is -5.22. The summed E-state index contributed by atoms with van der Waals surface area (Å²) in [5.74, 6) is 0.0889. The number of rotatable bonds is 20. The van der Waals surface area contributed by atoms with Crippen LogP contribution in [-0.2, 0) is 90.3 Å². The van der Waals surface area contributed by atoms with Gasteiger partial charge >= 0.3 is 0 Å². The smallest absolute Gasteiger partial charge is 0.261 e. The predicted octanol–water partition coefficient (Wildman–Crippen LogP) is 15.2. The lowest BCUT2D eigenvalue weighted by Crippen LogP contribution is -2.73. The van der Waals surface area contributed by atoms with Crippen molar-refractivity contribution in [2.24, 2.45) is 5.92 Å². The lowest BCUT2D eigenvalue weighted by molar-refractivity contribution is -0.367. The maximum atomic E-state index is 12.7. The lowest BCUT2D eigenvalue weighted by atomic mass is 9.73. The highest BCUT2D eigenvalue weighted by Gasteiger charge is 2.64. The zero-order valence-corrected chi connectivity index (χ0v) is 67.6. The third kappa shape index (κ3) is 16.1. The normalized spacial score (nSPS) is 37.6. The van der Waals surface area contributed by atoms with Crippen molar-refractivity contribution in [2.45, 2.75) is 322 Å². The molecule has 0 aromatic heterocycles. The summed E-state index contributed by atoms with van der Waals surface area (Å²) in [6.45, 7) is 32.0. The molecule has 1 N–H and O–H groups in total. The van der Waals surface area contributed by atoms with Crippen molar-refractivity contribution < 1.29 is 75.5 Å². The Labute approximate surface area is 638 Å². The number of aliphatic hydroxyl groups is 1. The molecule has 16 nitrogen and oxygen atoms in total. The van der Waals surface area contributed by atoms with Crippen LogP contribution >= 0.6 is 0 Å². The van der Waals surface area contributed by atoms with E-state index in [9.17, 15) is 5.11 Å². The van der Waals surface area contributed by atoms with E-state index < -0.39 is 82.0 Å². The Hall–Kier alpha value is -4.63. The monoisotopic (exact) mass is 1500 g/mol. The minimum absolute atomic E-state index is 0.0343. The molecule has 6 aromatic carbocycles. The van der Waals surface area contributed by atoms with E-state index in [1.807, 2.05) is 43.3 Å². The van der Waals surface area contributed by atoms with Crippen LogP contribution in [0, 0.1) is 5.92 Å². The fourth-order valence-electron chi connectivity index (χ4n) is 19.1. The summed E-state index contributed by atoms with van der Waals surface area (Å²) in [5.41, 5.74) is 0.117. The van der Waals surface area contributed by atoms with Gasteiger partial charge < -0.3 is 75.5 Å². The zero-order chi connectivity index (χ0) is 74.7. The quantitative estimate of drug-likeness (QED) is 0.0719. The highest BCUT2D eigenvalue weighted by atomic mass is 28.4. The second kappa shape index (κ2) is 31.4. The molecule has 15 rings (SSSR count). The maximum absolute atomic E-state index is 12.7. The molecule has 107 heavy (non-hydrogen) atoms.